The van der Waals surface area contributed by atoms with Crippen LogP contribution >= 0.6 is 0 Å². The smallest absolute Gasteiger partial charge is 0.329 e. The van der Waals surface area contributed by atoms with E-state index >= 15 is 0 Å². The van der Waals surface area contributed by atoms with Gasteiger partial charge < -0.3 is 19.5 Å². The average molecular weight is 371 g/mol. The van der Waals surface area contributed by atoms with Crippen molar-refractivity contribution in [3.8, 4) is 17.2 Å². The van der Waals surface area contributed by atoms with Crippen molar-refractivity contribution in [3.63, 3.8) is 0 Å². The summed E-state index contributed by atoms with van der Waals surface area (Å²) in [5.74, 6) is -0.0371. The van der Waals surface area contributed by atoms with Crippen LogP contribution in [0, 0.1) is 0 Å². The minimum atomic E-state index is -0.908. The van der Waals surface area contributed by atoms with Gasteiger partial charge in [0.25, 0.3) is 0 Å². The summed E-state index contributed by atoms with van der Waals surface area (Å²) in [6.07, 6.45) is 1.35. The molecule has 0 aliphatic rings. The maximum Gasteiger partial charge on any atom is 0.329 e. The van der Waals surface area contributed by atoms with E-state index in [4.69, 9.17) is 14.2 Å². The Balaban J connectivity index is 1.97. The standard InChI is InChI=1S/C19H21N3O5/c1-4-27-14-10-8-13(9-11-14)21-18(23)19(24)22-20-12-15-16(25-2)6-5-7-17(15)26-3/h5-12H,4H2,1-3H3,(H,21,23)(H,22,24)/b20-12-. The molecule has 0 unspecified atom stereocenters. The first-order chi connectivity index (χ1) is 13.1. The number of hydrazone groups is 1. The van der Waals surface area contributed by atoms with Crippen molar-refractivity contribution >= 4 is 23.7 Å². The van der Waals surface area contributed by atoms with Crippen LogP contribution in [0.2, 0.25) is 0 Å². The van der Waals surface area contributed by atoms with Gasteiger partial charge in [0, 0.05) is 5.69 Å². The molecule has 2 aromatic rings. The second-order valence-electron chi connectivity index (χ2n) is 5.19. The molecule has 0 atom stereocenters. The van der Waals surface area contributed by atoms with Gasteiger partial charge in [0.2, 0.25) is 0 Å². The molecule has 2 aromatic carbocycles. The van der Waals surface area contributed by atoms with E-state index < -0.39 is 11.8 Å². The minimum Gasteiger partial charge on any atom is -0.496 e. The van der Waals surface area contributed by atoms with Crippen LogP contribution in [0.4, 0.5) is 5.69 Å². The minimum absolute atomic E-state index is 0.467. The Morgan fingerprint density at radius 3 is 2.19 bits per heavy atom. The third-order valence-corrected chi connectivity index (χ3v) is 3.46. The molecule has 0 radical (unpaired) electrons. The second kappa shape index (κ2) is 9.81. The molecule has 27 heavy (non-hydrogen) atoms. The summed E-state index contributed by atoms with van der Waals surface area (Å²) in [4.78, 5) is 23.8. The molecule has 0 saturated heterocycles. The molecule has 8 heteroatoms. The second-order valence-corrected chi connectivity index (χ2v) is 5.19. The fourth-order valence-electron chi connectivity index (χ4n) is 2.20. The first-order valence-electron chi connectivity index (χ1n) is 8.17. The van der Waals surface area contributed by atoms with Gasteiger partial charge in [0.1, 0.15) is 17.2 Å². The number of hydrogen-bond donors (Lipinski definition) is 2. The zero-order valence-corrected chi connectivity index (χ0v) is 15.3. The van der Waals surface area contributed by atoms with Crippen LogP contribution in [-0.4, -0.2) is 38.9 Å². The summed E-state index contributed by atoms with van der Waals surface area (Å²) in [6, 6.07) is 11.9. The van der Waals surface area contributed by atoms with Gasteiger partial charge in [-0.3, -0.25) is 9.59 Å². The van der Waals surface area contributed by atoms with Crippen molar-refractivity contribution in [1.82, 2.24) is 5.43 Å². The van der Waals surface area contributed by atoms with Crippen molar-refractivity contribution in [1.29, 1.82) is 0 Å². The molecular formula is C19H21N3O5. The summed E-state index contributed by atoms with van der Waals surface area (Å²) in [6.45, 7) is 2.42. The van der Waals surface area contributed by atoms with Crippen LogP contribution in [0.5, 0.6) is 17.2 Å². The Morgan fingerprint density at radius 1 is 1.00 bits per heavy atom. The lowest BCUT2D eigenvalue weighted by molar-refractivity contribution is -0.136. The predicted molar refractivity (Wildman–Crippen MR) is 102 cm³/mol. The maximum absolute atomic E-state index is 11.9. The molecule has 142 valence electrons. The van der Waals surface area contributed by atoms with Gasteiger partial charge in [-0.05, 0) is 43.3 Å². The number of carbonyl (C=O) groups excluding carboxylic acids is 2. The van der Waals surface area contributed by atoms with Crippen LogP contribution in [0.1, 0.15) is 12.5 Å². The monoisotopic (exact) mass is 371 g/mol. The number of benzene rings is 2. The molecule has 0 aliphatic carbocycles. The van der Waals surface area contributed by atoms with E-state index in [9.17, 15) is 9.59 Å². The first kappa shape index (κ1) is 19.8. The highest BCUT2D eigenvalue weighted by atomic mass is 16.5. The van der Waals surface area contributed by atoms with Crippen LogP contribution in [0.25, 0.3) is 0 Å². The zero-order valence-electron chi connectivity index (χ0n) is 15.3. The van der Waals surface area contributed by atoms with Gasteiger partial charge in [0.05, 0.1) is 32.6 Å². The molecule has 0 heterocycles. The van der Waals surface area contributed by atoms with Crippen LogP contribution in [0.15, 0.2) is 47.6 Å². The van der Waals surface area contributed by atoms with Crippen molar-refractivity contribution < 1.29 is 23.8 Å². The van der Waals surface area contributed by atoms with E-state index in [1.54, 1.807) is 42.5 Å². The third-order valence-electron chi connectivity index (χ3n) is 3.46. The number of ether oxygens (including phenoxy) is 3. The largest absolute Gasteiger partial charge is 0.496 e. The highest BCUT2D eigenvalue weighted by molar-refractivity contribution is 6.39. The lowest BCUT2D eigenvalue weighted by Crippen LogP contribution is -2.32. The number of nitrogens with zero attached hydrogens (tertiary/aromatic N) is 1. The first-order valence-corrected chi connectivity index (χ1v) is 8.17. The Labute approximate surface area is 157 Å². The van der Waals surface area contributed by atoms with Gasteiger partial charge in [0.15, 0.2) is 0 Å². The number of carbonyl (C=O) groups is 2. The van der Waals surface area contributed by atoms with E-state index in [1.807, 2.05) is 6.92 Å². The molecule has 8 nitrogen and oxygen atoms in total. The van der Waals surface area contributed by atoms with Crippen molar-refractivity contribution in [3.05, 3.63) is 48.0 Å². The van der Waals surface area contributed by atoms with E-state index in [1.165, 1.54) is 20.4 Å². The molecule has 0 aromatic heterocycles. The highest BCUT2D eigenvalue weighted by Gasteiger charge is 2.13. The Hall–Kier alpha value is -3.55. The molecule has 0 fully saturated rings. The molecule has 0 saturated carbocycles. The zero-order chi connectivity index (χ0) is 19.6. The molecule has 0 bridgehead atoms. The van der Waals surface area contributed by atoms with Crippen LogP contribution in [-0.2, 0) is 9.59 Å². The van der Waals surface area contributed by atoms with E-state index in [2.05, 4.69) is 15.8 Å². The SMILES string of the molecule is CCOc1ccc(NC(=O)C(=O)N/N=C\c2c(OC)cccc2OC)cc1. The quantitative estimate of drug-likeness (QED) is 0.442. The Kier molecular flexibility index (Phi) is 7.18. The molecular weight excluding hydrogens is 350 g/mol. The maximum atomic E-state index is 11.9. The Bertz CT molecular complexity index is 796. The molecule has 0 spiro atoms. The van der Waals surface area contributed by atoms with Gasteiger partial charge in [-0.1, -0.05) is 6.07 Å². The van der Waals surface area contributed by atoms with Gasteiger partial charge in [-0.15, -0.1) is 0 Å². The number of anilines is 1. The summed E-state index contributed by atoms with van der Waals surface area (Å²) < 4.78 is 15.8. The number of hydrogen-bond acceptors (Lipinski definition) is 6. The van der Waals surface area contributed by atoms with Crippen LogP contribution in [0.3, 0.4) is 0 Å². The fourth-order valence-corrected chi connectivity index (χ4v) is 2.20. The Morgan fingerprint density at radius 2 is 1.63 bits per heavy atom. The van der Waals surface area contributed by atoms with Crippen LogP contribution < -0.4 is 25.0 Å². The lowest BCUT2D eigenvalue weighted by Gasteiger charge is -2.09. The molecule has 2 amide bonds. The van der Waals surface area contributed by atoms with Gasteiger partial charge in [-0.25, -0.2) is 5.43 Å². The van der Waals surface area contributed by atoms with Crippen molar-refractivity contribution in [2.75, 3.05) is 26.1 Å². The fraction of sp³-hybridized carbons (Fsp3) is 0.211. The molecule has 0 aliphatic heterocycles. The topological polar surface area (TPSA) is 98.2 Å². The summed E-state index contributed by atoms with van der Waals surface area (Å²) in [5, 5.41) is 6.27. The van der Waals surface area contributed by atoms with E-state index in [0.29, 0.717) is 35.1 Å². The number of nitrogens with one attached hydrogen (secondary N) is 2. The lowest BCUT2D eigenvalue weighted by atomic mass is 10.2. The predicted octanol–water partition coefficient (Wildman–Crippen LogP) is 2.19. The summed E-state index contributed by atoms with van der Waals surface area (Å²) >= 11 is 0. The summed E-state index contributed by atoms with van der Waals surface area (Å²) in [7, 11) is 3.02. The number of methoxy groups -OCH3 is 2. The van der Waals surface area contributed by atoms with E-state index in [-0.39, 0.29) is 0 Å². The van der Waals surface area contributed by atoms with Gasteiger partial charge in [-0.2, -0.15) is 5.10 Å². The normalized spacial score (nSPS) is 10.3. The average Bonchev–Trinajstić information content (AvgIpc) is 2.69. The molecule has 2 N–H and O–H groups in total. The van der Waals surface area contributed by atoms with Crippen molar-refractivity contribution in [2.24, 2.45) is 5.10 Å². The number of amides is 2. The summed E-state index contributed by atoms with van der Waals surface area (Å²) in [5.41, 5.74) is 3.17. The highest BCUT2D eigenvalue weighted by Crippen LogP contribution is 2.26. The third kappa shape index (κ3) is 5.46. The van der Waals surface area contributed by atoms with E-state index in [0.717, 1.165) is 0 Å². The van der Waals surface area contributed by atoms with Gasteiger partial charge >= 0.3 is 11.8 Å². The van der Waals surface area contributed by atoms with Crippen molar-refractivity contribution in [2.45, 2.75) is 6.92 Å². The number of rotatable bonds is 7. The molecule has 2 rings (SSSR count).